The topological polar surface area (TPSA) is 33.0 Å². The lowest BCUT2D eigenvalue weighted by Crippen LogP contribution is -2.51. The molecule has 1 atom stereocenters. The van der Waals surface area contributed by atoms with Gasteiger partial charge in [-0.05, 0) is 55.0 Å². The van der Waals surface area contributed by atoms with E-state index in [1.54, 1.807) is 22.9 Å². The average Bonchev–Trinajstić information content (AvgIpc) is 2.68. The number of halogens is 2. The summed E-state index contributed by atoms with van der Waals surface area (Å²) in [5.41, 5.74) is 2.18. The smallest absolute Gasteiger partial charge is 0.270 e. The molecule has 0 bridgehead atoms. The molecule has 6 heteroatoms. The van der Waals surface area contributed by atoms with E-state index in [0.717, 1.165) is 11.1 Å². The third kappa shape index (κ3) is 4.84. The Morgan fingerprint density at radius 2 is 1.64 bits per heavy atom. The molecule has 0 saturated heterocycles. The quantitative estimate of drug-likeness (QED) is 0.386. The minimum absolute atomic E-state index is 0.243. The second-order valence-corrected chi connectivity index (χ2v) is 6.89. The van der Waals surface area contributed by atoms with Crippen LogP contribution < -0.4 is 9.88 Å². The van der Waals surface area contributed by atoms with Crippen molar-refractivity contribution in [2.75, 3.05) is 0 Å². The van der Waals surface area contributed by atoms with Crippen LogP contribution in [0.3, 0.4) is 0 Å². The summed E-state index contributed by atoms with van der Waals surface area (Å²) in [6, 6.07) is 14.4. The Morgan fingerprint density at radius 1 is 1.04 bits per heavy atom. The highest BCUT2D eigenvalue weighted by atomic mass is 32.1. The van der Waals surface area contributed by atoms with Crippen molar-refractivity contribution in [3.8, 4) is 0 Å². The summed E-state index contributed by atoms with van der Waals surface area (Å²) in [6.07, 6.45) is 3.60. The fraction of sp³-hybridized carbons (Fsp3) is 0.136. The van der Waals surface area contributed by atoms with E-state index in [1.807, 2.05) is 25.3 Å². The summed E-state index contributed by atoms with van der Waals surface area (Å²) in [7, 11) is 0. The maximum atomic E-state index is 13.2. The van der Waals surface area contributed by atoms with Crippen molar-refractivity contribution in [2.45, 2.75) is 19.5 Å². The molecule has 142 valence electrons. The van der Waals surface area contributed by atoms with E-state index >= 15 is 0 Å². The molecule has 0 saturated carbocycles. The standard InChI is InChI=1S/C22H18F2N2OS/c1-15-3-2-12-26(14-15)20(21(27)17-6-10-19(24)11-7-17)22(28)25-13-16-4-8-18(23)9-5-16/h2-12,14,20H,13H2,1H3/p+1/t20-/m0/s1. The molecule has 0 aliphatic heterocycles. The molecule has 0 fully saturated rings. The van der Waals surface area contributed by atoms with Crippen molar-refractivity contribution in [1.29, 1.82) is 0 Å². The lowest BCUT2D eigenvalue weighted by molar-refractivity contribution is -0.692. The molecule has 28 heavy (non-hydrogen) atoms. The van der Waals surface area contributed by atoms with Gasteiger partial charge < -0.3 is 5.32 Å². The van der Waals surface area contributed by atoms with Crippen LogP contribution in [0.15, 0.2) is 73.1 Å². The van der Waals surface area contributed by atoms with Gasteiger partial charge in [-0.2, -0.15) is 4.57 Å². The summed E-state index contributed by atoms with van der Waals surface area (Å²) in [6.45, 7) is 2.28. The van der Waals surface area contributed by atoms with Crippen molar-refractivity contribution in [1.82, 2.24) is 5.32 Å². The number of aromatic nitrogens is 1. The number of Topliss-reactive ketones (excluding diaryl/α,β-unsaturated/α-hetero) is 1. The number of carbonyl (C=O) groups excluding carboxylic acids is 1. The summed E-state index contributed by atoms with van der Waals surface area (Å²) in [4.78, 5) is 13.5. The Bertz CT molecular complexity index is 988. The lowest BCUT2D eigenvalue weighted by atomic mass is 10.0. The molecule has 1 N–H and O–H groups in total. The van der Waals surface area contributed by atoms with Crippen molar-refractivity contribution in [3.63, 3.8) is 0 Å². The van der Waals surface area contributed by atoms with Gasteiger partial charge >= 0.3 is 0 Å². The second kappa shape index (κ2) is 8.80. The zero-order valence-electron chi connectivity index (χ0n) is 15.2. The van der Waals surface area contributed by atoms with Gasteiger partial charge in [0.1, 0.15) is 11.6 Å². The zero-order valence-corrected chi connectivity index (χ0v) is 16.0. The second-order valence-electron chi connectivity index (χ2n) is 6.45. The molecular formula is C22H19F2N2OS+. The highest BCUT2D eigenvalue weighted by Gasteiger charge is 2.33. The van der Waals surface area contributed by atoms with Crippen LogP contribution in [0.4, 0.5) is 8.78 Å². The van der Waals surface area contributed by atoms with Gasteiger partial charge in [-0.3, -0.25) is 4.79 Å². The molecule has 0 aliphatic rings. The number of hydrogen-bond donors (Lipinski definition) is 1. The fourth-order valence-electron chi connectivity index (χ4n) is 2.83. The van der Waals surface area contributed by atoms with Crippen LogP contribution in [0.1, 0.15) is 27.5 Å². The lowest BCUT2D eigenvalue weighted by Gasteiger charge is -2.15. The first-order valence-corrected chi connectivity index (χ1v) is 9.14. The van der Waals surface area contributed by atoms with E-state index < -0.39 is 11.9 Å². The van der Waals surface area contributed by atoms with E-state index in [0.29, 0.717) is 17.1 Å². The van der Waals surface area contributed by atoms with Gasteiger partial charge in [-0.25, -0.2) is 8.78 Å². The maximum Gasteiger partial charge on any atom is 0.270 e. The van der Waals surface area contributed by atoms with Crippen molar-refractivity contribution in [2.24, 2.45) is 0 Å². The van der Waals surface area contributed by atoms with Crippen LogP contribution in [-0.4, -0.2) is 10.8 Å². The Balaban J connectivity index is 1.86. The molecule has 1 heterocycles. The Labute approximate surface area is 167 Å². The predicted octanol–water partition coefficient (Wildman–Crippen LogP) is 4.10. The Morgan fingerprint density at radius 3 is 2.25 bits per heavy atom. The molecule has 2 aromatic carbocycles. The average molecular weight is 397 g/mol. The van der Waals surface area contributed by atoms with Crippen molar-refractivity contribution in [3.05, 3.63) is 101 Å². The monoisotopic (exact) mass is 397 g/mol. The van der Waals surface area contributed by atoms with Gasteiger partial charge in [0.2, 0.25) is 5.78 Å². The van der Waals surface area contributed by atoms with Gasteiger partial charge in [0.25, 0.3) is 6.04 Å². The zero-order chi connectivity index (χ0) is 20.1. The van der Waals surface area contributed by atoms with E-state index in [1.165, 1.54) is 36.4 Å². The highest BCUT2D eigenvalue weighted by Crippen LogP contribution is 2.13. The summed E-state index contributed by atoms with van der Waals surface area (Å²) >= 11 is 5.53. The first kappa shape index (κ1) is 19.8. The van der Waals surface area contributed by atoms with E-state index in [-0.39, 0.29) is 11.6 Å². The number of carbonyl (C=O) groups is 1. The Kier molecular flexibility index (Phi) is 6.21. The number of nitrogens with zero attached hydrogens (tertiary/aromatic N) is 1. The molecule has 3 aromatic rings. The van der Waals surface area contributed by atoms with Gasteiger partial charge in [0.05, 0.1) is 0 Å². The largest absolute Gasteiger partial charge is 0.370 e. The third-order valence-electron chi connectivity index (χ3n) is 4.27. The van der Waals surface area contributed by atoms with Crippen LogP contribution in [0, 0.1) is 18.6 Å². The maximum absolute atomic E-state index is 13.2. The van der Waals surface area contributed by atoms with Gasteiger partial charge in [0, 0.05) is 23.7 Å². The van der Waals surface area contributed by atoms with Gasteiger partial charge in [-0.15, -0.1) is 0 Å². The molecule has 0 aliphatic carbocycles. The summed E-state index contributed by atoms with van der Waals surface area (Å²) in [5, 5.41) is 3.09. The number of hydrogen-bond acceptors (Lipinski definition) is 2. The molecule has 0 spiro atoms. The molecule has 0 unspecified atom stereocenters. The number of pyridine rings is 1. The van der Waals surface area contributed by atoms with E-state index in [9.17, 15) is 13.6 Å². The first-order valence-electron chi connectivity index (χ1n) is 8.73. The summed E-state index contributed by atoms with van der Waals surface area (Å²) < 4.78 is 28.1. The van der Waals surface area contributed by atoms with Crippen molar-refractivity contribution < 1.29 is 18.1 Å². The molecule has 0 radical (unpaired) electrons. The predicted molar refractivity (Wildman–Crippen MR) is 107 cm³/mol. The van der Waals surface area contributed by atoms with Crippen LogP contribution in [-0.2, 0) is 6.54 Å². The number of ketones is 1. The van der Waals surface area contributed by atoms with Crippen LogP contribution in [0.2, 0.25) is 0 Å². The molecular weight excluding hydrogens is 378 g/mol. The molecule has 0 amide bonds. The van der Waals surface area contributed by atoms with E-state index in [2.05, 4.69) is 5.32 Å². The van der Waals surface area contributed by atoms with Gasteiger partial charge in [0.15, 0.2) is 17.4 Å². The minimum Gasteiger partial charge on any atom is -0.370 e. The Hall–Kier alpha value is -2.99. The normalized spacial score (nSPS) is 11.7. The number of aryl methyl sites for hydroxylation is 1. The third-order valence-corrected chi connectivity index (χ3v) is 4.64. The van der Waals surface area contributed by atoms with Crippen molar-refractivity contribution >= 4 is 23.0 Å². The fourth-order valence-corrected chi connectivity index (χ4v) is 3.13. The van der Waals surface area contributed by atoms with Crippen LogP contribution >= 0.6 is 12.2 Å². The van der Waals surface area contributed by atoms with Crippen LogP contribution in [0.25, 0.3) is 0 Å². The summed E-state index contributed by atoms with van der Waals surface area (Å²) in [5.74, 6) is -0.966. The molecule has 1 aromatic heterocycles. The number of nitrogens with one attached hydrogen (secondary N) is 1. The number of benzene rings is 2. The minimum atomic E-state index is -0.777. The first-order chi connectivity index (χ1) is 13.4. The molecule has 3 rings (SSSR count). The van der Waals surface area contributed by atoms with Gasteiger partial charge in [-0.1, -0.05) is 24.4 Å². The SMILES string of the molecule is Cc1ccc[n+]([C@@H](C(=O)c2ccc(F)cc2)C(=S)NCc2ccc(F)cc2)c1. The van der Waals surface area contributed by atoms with Crippen LogP contribution in [0.5, 0.6) is 0 Å². The van der Waals surface area contributed by atoms with E-state index in [4.69, 9.17) is 12.2 Å². The number of rotatable bonds is 6. The number of thiocarbonyl (C=S) groups is 1. The highest BCUT2D eigenvalue weighted by molar-refractivity contribution is 7.80. The molecule has 3 nitrogen and oxygen atoms in total.